The van der Waals surface area contributed by atoms with Gasteiger partial charge in [-0.1, -0.05) is 66.4 Å². The number of thioether (sulfide) groups is 1. The van der Waals surface area contributed by atoms with Gasteiger partial charge in [0, 0.05) is 24.1 Å². The van der Waals surface area contributed by atoms with Gasteiger partial charge in [-0.15, -0.1) is 0 Å². The second kappa shape index (κ2) is 10.5. The van der Waals surface area contributed by atoms with E-state index in [0.717, 1.165) is 33.0 Å². The number of hydrogen-bond acceptors (Lipinski definition) is 4. The van der Waals surface area contributed by atoms with Crippen molar-refractivity contribution in [1.82, 2.24) is 19.9 Å². The van der Waals surface area contributed by atoms with E-state index >= 15 is 0 Å². The minimum Gasteiger partial charge on any atom is -0.348 e. The van der Waals surface area contributed by atoms with E-state index in [1.54, 1.807) is 24.0 Å². The Kier molecular flexibility index (Phi) is 6.86. The van der Waals surface area contributed by atoms with Crippen molar-refractivity contribution in [2.45, 2.75) is 24.0 Å². The number of imidazole rings is 1. The molecule has 5 nitrogen and oxygen atoms in total. The number of aromatic nitrogens is 3. The summed E-state index contributed by atoms with van der Waals surface area (Å²) in [5.41, 5.74) is 5.18. The summed E-state index contributed by atoms with van der Waals surface area (Å²) in [4.78, 5) is 21.7. The molecule has 0 aliphatic heterocycles. The molecule has 174 valence electrons. The van der Waals surface area contributed by atoms with E-state index in [2.05, 4.69) is 10.3 Å². The van der Waals surface area contributed by atoms with Gasteiger partial charge in [-0.2, -0.15) is 0 Å². The zero-order chi connectivity index (χ0) is 24.0. The smallest absolute Gasteiger partial charge is 0.251 e. The Morgan fingerprint density at radius 3 is 2.49 bits per heavy atom. The number of fused-ring (bicyclic) bond motifs is 1. The lowest BCUT2D eigenvalue weighted by Crippen LogP contribution is -2.22. The normalized spacial score (nSPS) is 11.0. The molecule has 0 fully saturated rings. The topological polar surface area (TPSA) is 59.8 Å². The SMILES string of the molecule is O=C(NCc1ccccc1)c1ccc(CSc2nc3cccnc3n2Cc2cccc(F)c2)cc1. The molecule has 0 aliphatic carbocycles. The zero-order valence-corrected chi connectivity index (χ0v) is 19.7. The van der Waals surface area contributed by atoms with Gasteiger partial charge < -0.3 is 5.32 Å². The molecule has 0 spiro atoms. The number of pyridine rings is 1. The van der Waals surface area contributed by atoms with Gasteiger partial charge in [0.25, 0.3) is 5.91 Å². The second-order valence-corrected chi connectivity index (χ2v) is 9.05. The average molecular weight is 483 g/mol. The van der Waals surface area contributed by atoms with Gasteiger partial charge in [-0.25, -0.2) is 14.4 Å². The van der Waals surface area contributed by atoms with Crippen LogP contribution in [0.1, 0.15) is 27.0 Å². The predicted molar refractivity (Wildman–Crippen MR) is 137 cm³/mol. The van der Waals surface area contributed by atoms with Gasteiger partial charge in [0.05, 0.1) is 6.54 Å². The first-order valence-corrected chi connectivity index (χ1v) is 12.2. The standard InChI is InChI=1S/C28H23FN4OS/c29-24-9-4-8-22(16-24)18-33-26-25(10-5-15-30-26)32-28(33)35-19-21-11-13-23(14-12-21)27(34)31-17-20-6-2-1-3-7-20/h1-16H,17-19H2,(H,31,34). The Balaban J connectivity index is 1.27. The van der Waals surface area contributed by atoms with Crippen LogP contribution in [0.2, 0.25) is 0 Å². The molecule has 2 heterocycles. The van der Waals surface area contributed by atoms with Gasteiger partial charge >= 0.3 is 0 Å². The summed E-state index contributed by atoms with van der Waals surface area (Å²) in [5, 5.41) is 3.76. The van der Waals surface area contributed by atoms with Crippen LogP contribution in [-0.2, 0) is 18.8 Å². The number of rotatable bonds is 8. The molecular weight excluding hydrogens is 459 g/mol. The maximum Gasteiger partial charge on any atom is 0.251 e. The first-order chi connectivity index (χ1) is 17.2. The minimum atomic E-state index is -0.262. The molecule has 0 saturated heterocycles. The minimum absolute atomic E-state index is 0.101. The van der Waals surface area contributed by atoms with E-state index in [9.17, 15) is 9.18 Å². The van der Waals surface area contributed by atoms with Crippen LogP contribution in [0.25, 0.3) is 11.2 Å². The highest BCUT2D eigenvalue weighted by Crippen LogP contribution is 2.27. The highest BCUT2D eigenvalue weighted by atomic mass is 32.2. The van der Waals surface area contributed by atoms with Crippen LogP contribution in [0, 0.1) is 5.82 Å². The summed E-state index contributed by atoms with van der Waals surface area (Å²) < 4.78 is 15.7. The van der Waals surface area contributed by atoms with Crippen molar-refractivity contribution in [2.75, 3.05) is 0 Å². The third kappa shape index (κ3) is 5.58. The molecule has 5 rings (SSSR count). The van der Waals surface area contributed by atoms with Crippen molar-refractivity contribution in [3.63, 3.8) is 0 Å². The molecule has 3 aromatic carbocycles. The van der Waals surface area contributed by atoms with E-state index in [0.29, 0.717) is 24.4 Å². The lowest BCUT2D eigenvalue weighted by atomic mass is 10.1. The highest BCUT2D eigenvalue weighted by molar-refractivity contribution is 7.98. The fraction of sp³-hybridized carbons (Fsp3) is 0.107. The predicted octanol–water partition coefficient (Wildman–Crippen LogP) is 5.84. The quantitative estimate of drug-likeness (QED) is 0.282. The molecule has 5 aromatic rings. The average Bonchev–Trinajstić information content (AvgIpc) is 3.24. The third-order valence-electron chi connectivity index (χ3n) is 5.58. The number of halogens is 1. The van der Waals surface area contributed by atoms with Gasteiger partial charge in [0.15, 0.2) is 10.8 Å². The molecule has 35 heavy (non-hydrogen) atoms. The molecule has 0 radical (unpaired) electrons. The van der Waals surface area contributed by atoms with Crippen molar-refractivity contribution >= 4 is 28.8 Å². The monoisotopic (exact) mass is 482 g/mol. The summed E-state index contributed by atoms with van der Waals surface area (Å²) in [6.45, 7) is 0.973. The zero-order valence-electron chi connectivity index (χ0n) is 18.9. The number of benzene rings is 3. The van der Waals surface area contributed by atoms with Crippen LogP contribution < -0.4 is 5.32 Å². The molecule has 7 heteroatoms. The second-order valence-electron chi connectivity index (χ2n) is 8.11. The van der Waals surface area contributed by atoms with E-state index in [1.807, 2.05) is 77.4 Å². The van der Waals surface area contributed by atoms with E-state index in [1.165, 1.54) is 12.1 Å². The van der Waals surface area contributed by atoms with Crippen LogP contribution >= 0.6 is 11.8 Å². The molecule has 0 saturated carbocycles. The molecule has 0 bridgehead atoms. The number of nitrogens with one attached hydrogen (secondary N) is 1. The Bertz CT molecular complexity index is 1450. The number of nitrogens with zero attached hydrogens (tertiary/aromatic N) is 3. The van der Waals surface area contributed by atoms with Crippen molar-refractivity contribution in [3.8, 4) is 0 Å². The van der Waals surface area contributed by atoms with Gasteiger partial charge in [0.1, 0.15) is 11.3 Å². The maximum absolute atomic E-state index is 13.7. The maximum atomic E-state index is 13.7. The van der Waals surface area contributed by atoms with Crippen LogP contribution in [0.5, 0.6) is 0 Å². The lowest BCUT2D eigenvalue weighted by Gasteiger charge is -2.09. The summed E-state index contributed by atoms with van der Waals surface area (Å²) in [7, 11) is 0. The number of carbonyl (C=O) groups excluding carboxylic acids is 1. The van der Waals surface area contributed by atoms with Gasteiger partial charge in [-0.05, 0) is 53.1 Å². The molecule has 0 atom stereocenters. The molecule has 1 N–H and O–H groups in total. The molecule has 0 aliphatic rings. The summed E-state index contributed by atoms with van der Waals surface area (Å²) in [5.74, 6) is 0.316. The fourth-order valence-electron chi connectivity index (χ4n) is 3.79. The fourth-order valence-corrected chi connectivity index (χ4v) is 4.75. The van der Waals surface area contributed by atoms with Crippen molar-refractivity contribution in [1.29, 1.82) is 0 Å². The van der Waals surface area contributed by atoms with Crippen LogP contribution in [0.4, 0.5) is 4.39 Å². The molecule has 2 aromatic heterocycles. The van der Waals surface area contributed by atoms with E-state index in [-0.39, 0.29) is 11.7 Å². The van der Waals surface area contributed by atoms with E-state index in [4.69, 9.17) is 4.98 Å². The number of hydrogen-bond donors (Lipinski definition) is 1. The summed E-state index contributed by atoms with van der Waals surface area (Å²) in [6, 6.07) is 27.8. The Labute approximate surface area is 207 Å². The highest BCUT2D eigenvalue weighted by Gasteiger charge is 2.14. The van der Waals surface area contributed by atoms with Gasteiger partial charge in [0.2, 0.25) is 0 Å². The van der Waals surface area contributed by atoms with Crippen LogP contribution in [0.15, 0.2) is 102 Å². The Morgan fingerprint density at radius 2 is 1.69 bits per heavy atom. The summed E-state index contributed by atoms with van der Waals surface area (Å²) in [6.07, 6.45) is 1.74. The molecule has 0 unspecified atom stereocenters. The third-order valence-corrected chi connectivity index (χ3v) is 6.63. The van der Waals surface area contributed by atoms with Gasteiger partial charge in [-0.3, -0.25) is 9.36 Å². The van der Waals surface area contributed by atoms with Crippen molar-refractivity contribution in [3.05, 3.63) is 125 Å². The van der Waals surface area contributed by atoms with Crippen molar-refractivity contribution in [2.24, 2.45) is 0 Å². The number of carbonyl (C=O) groups is 1. The van der Waals surface area contributed by atoms with E-state index < -0.39 is 0 Å². The Morgan fingerprint density at radius 1 is 0.886 bits per heavy atom. The number of amides is 1. The van der Waals surface area contributed by atoms with Crippen LogP contribution in [-0.4, -0.2) is 20.4 Å². The first kappa shape index (κ1) is 22.8. The molecule has 1 amide bonds. The largest absolute Gasteiger partial charge is 0.348 e. The van der Waals surface area contributed by atoms with Crippen LogP contribution in [0.3, 0.4) is 0 Å². The lowest BCUT2D eigenvalue weighted by molar-refractivity contribution is 0.0951. The Hall–Kier alpha value is -3.97. The summed E-state index contributed by atoms with van der Waals surface area (Å²) >= 11 is 1.59. The molecular formula is C28H23FN4OS. The first-order valence-electron chi connectivity index (χ1n) is 11.3. The van der Waals surface area contributed by atoms with Crippen molar-refractivity contribution < 1.29 is 9.18 Å².